The second-order valence-electron chi connectivity index (χ2n) is 6.67. The van der Waals surface area contributed by atoms with E-state index in [1.807, 2.05) is 5.32 Å². The van der Waals surface area contributed by atoms with Crippen LogP contribution in [-0.4, -0.2) is 75.6 Å². The molecule has 8 N–H and O–H groups in total. The minimum atomic E-state index is -1.84. The molecule has 13 heteroatoms. The molecule has 32 heavy (non-hydrogen) atoms. The van der Waals surface area contributed by atoms with Crippen LogP contribution in [-0.2, 0) is 35.2 Å². The standard InChI is InChI=1S/C19H24N4O9/c20-9-14(24)21-11(6-10-4-2-1-3-5-10)17(29)22-12(7-15(25)26)18(30)23-13(19(31)32)8-16(27)28/h1-5,11-13H,6-9,20H2,(H,21,24)(H,22,29)(H,23,30)(H,25,26)(H,27,28)(H,31,32). The zero-order valence-electron chi connectivity index (χ0n) is 16.8. The van der Waals surface area contributed by atoms with Gasteiger partial charge in [-0.1, -0.05) is 30.3 Å². The Bertz CT molecular complexity index is 860. The van der Waals surface area contributed by atoms with Gasteiger partial charge in [0, 0.05) is 6.42 Å². The number of benzene rings is 1. The van der Waals surface area contributed by atoms with Crippen LogP contribution in [0.4, 0.5) is 0 Å². The summed E-state index contributed by atoms with van der Waals surface area (Å²) in [7, 11) is 0. The zero-order valence-corrected chi connectivity index (χ0v) is 16.8. The minimum Gasteiger partial charge on any atom is -0.481 e. The SMILES string of the molecule is NCC(=O)NC(Cc1ccccc1)C(=O)NC(CC(=O)O)C(=O)NC(CC(=O)O)C(=O)O. The van der Waals surface area contributed by atoms with Crippen LogP contribution in [0.2, 0.25) is 0 Å². The Kier molecular flexibility index (Phi) is 10.3. The first-order valence-corrected chi connectivity index (χ1v) is 9.34. The van der Waals surface area contributed by atoms with Crippen molar-refractivity contribution in [1.29, 1.82) is 0 Å². The van der Waals surface area contributed by atoms with E-state index in [1.54, 1.807) is 30.3 Å². The highest BCUT2D eigenvalue weighted by Gasteiger charge is 2.31. The van der Waals surface area contributed by atoms with E-state index in [-0.39, 0.29) is 6.42 Å². The fraction of sp³-hybridized carbons (Fsp3) is 0.368. The van der Waals surface area contributed by atoms with E-state index >= 15 is 0 Å². The summed E-state index contributed by atoms with van der Waals surface area (Å²) in [6.07, 6.45) is -1.88. The van der Waals surface area contributed by atoms with E-state index < -0.39 is 73.1 Å². The summed E-state index contributed by atoms with van der Waals surface area (Å²) in [6.45, 7) is -0.424. The first kappa shape index (κ1) is 26.0. The van der Waals surface area contributed by atoms with E-state index in [0.717, 1.165) is 0 Å². The van der Waals surface area contributed by atoms with E-state index in [9.17, 15) is 28.8 Å². The molecule has 0 saturated carbocycles. The van der Waals surface area contributed by atoms with Gasteiger partial charge in [0.05, 0.1) is 19.4 Å². The lowest BCUT2D eigenvalue weighted by Crippen LogP contribution is -2.57. The molecule has 174 valence electrons. The second kappa shape index (κ2) is 12.6. The van der Waals surface area contributed by atoms with Crippen LogP contribution >= 0.6 is 0 Å². The van der Waals surface area contributed by atoms with Crippen LogP contribution in [0.3, 0.4) is 0 Å². The van der Waals surface area contributed by atoms with Gasteiger partial charge in [0.2, 0.25) is 17.7 Å². The molecule has 0 aromatic heterocycles. The minimum absolute atomic E-state index is 0.00338. The maximum Gasteiger partial charge on any atom is 0.326 e. The average molecular weight is 452 g/mol. The molecule has 0 fully saturated rings. The Morgan fingerprint density at radius 1 is 0.750 bits per heavy atom. The number of carboxylic acids is 3. The van der Waals surface area contributed by atoms with Crippen molar-refractivity contribution in [2.24, 2.45) is 5.73 Å². The van der Waals surface area contributed by atoms with Crippen molar-refractivity contribution in [2.45, 2.75) is 37.4 Å². The molecular weight excluding hydrogens is 428 g/mol. The molecule has 0 saturated heterocycles. The maximum absolute atomic E-state index is 12.7. The lowest BCUT2D eigenvalue weighted by Gasteiger charge is -2.23. The molecule has 0 radical (unpaired) electrons. The largest absolute Gasteiger partial charge is 0.481 e. The molecule has 1 aromatic rings. The summed E-state index contributed by atoms with van der Waals surface area (Å²) < 4.78 is 0. The molecular formula is C19H24N4O9. The van der Waals surface area contributed by atoms with E-state index in [1.165, 1.54) is 0 Å². The quantitative estimate of drug-likeness (QED) is 0.169. The molecule has 1 rings (SSSR count). The monoisotopic (exact) mass is 452 g/mol. The lowest BCUT2D eigenvalue weighted by atomic mass is 10.0. The van der Waals surface area contributed by atoms with Crippen molar-refractivity contribution >= 4 is 35.6 Å². The number of rotatable bonds is 13. The van der Waals surface area contributed by atoms with Gasteiger partial charge in [0.25, 0.3) is 0 Å². The van der Waals surface area contributed by atoms with Crippen LogP contribution < -0.4 is 21.7 Å². The highest BCUT2D eigenvalue weighted by molar-refractivity contribution is 5.95. The third-order valence-electron chi connectivity index (χ3n) is 4.12. The van der Waals surface area contributed by atoms with Gasteiger partial charge in [-0.3, -0.25) is 24.0 Å². The Morgan fingerprint density at radius 3 is 1.75 bits per heavy atom. The molecule has 0 aliphatic rings. The first-order valence-electron chi connectivity index (χ1n) is 9.34. The van der Waals surface area contributed by atoms with Gasteiger partial charge < -0.3 is 37.0 Å². The zero-order chi connectivity index (χ0) is 24.3. The molecule has 3 unspecified atom stereocenters. The molecule has 3 amide bonds. The van der Waals surface area contributed by atoms with Crippen molar-refractivity contribution in [3.8, 4) is 0 Å². The van der Waals surface area contributed by atoms with Crippen LogP contribution in [0.5, 0.6) is 0 Å². The highest BCUT2D eigenvalue weighted by Crippen LogP contribution is 2.05. The van der Waals surface area contributed by atoms with Crippen molar-refractivity contribution in [1.82, 2.24) is 16.0 Å². The number of nitrogens with one attached hydrogen (secondary N) is 3. The Morgan fingerprint density at radius 2 is 1.25 bits per heavy atom. The van der Waals surface area contributed by atoms with Gasteiger partial charge in [-0.2, -0.15) is 0 Å². The average Bonchev–Trinajstić information content (AvgIpc) is 2.72. The number of hydrogen-bond donors (Lipinski definition) is 7. The predicted octanol–water partition coefficient (Wildman–Crippen LogP) is -2.32. The lowest BCUT2D eigenvalue weighted by molar-refractivity contribution is -0.148. The summed E-state index contributed by atoms with van der Waals surface area (Å²) in [4.78, 5) is 70.0. The summed E-state index contributed by atoms with van der Waals surface area (Å²) in [5, 5.41) is 33.3. The topological polar surface area (TPSA) is 225 Å². The first-order chi connectivity index (χ1) is 15.0. The summed E-state index contributed by atoms with van der Waals surface area (Å²) >= 11 is 0. The smallest absolute Gasteiger partial charge is 0.326 e. The molecule has 0 aliphatic heterocycles. The number of amides is 3. The highest BCUT2D eigenvalue weighted by atomic mass is 16.4. The fourth-order valence-corrected chi connectivity index (χ4v) is 2.62. The summed E-state index contributed by atoms with van der Waals surface area (Å²) in [5.41, 5.74) is 5.91. The van der Waals surface area contributed by atoms with Crippen LogP contribution in [0.15, 0.2) is 30.3 Å². The van der Waals surface area contributed by atoms with Gasteiger partial charge in [-0.25, -0.2) is 4.79 Å². The van der Waals surface area contributed by atoms with Crippen molar-refractivity contribution < 1.29 is 44.1 Å². The van der Waals surface area contributed by atoms with Crippen LogP contribution in [0, 0.1) is 0 Å². The molecule has 3 atom stereocenters. The number of carbonyl (C=O) groups is 6. The number of aliphatic carboxylic acids is 3. The summed E-state index contributed by atoms with van der Waals surface area (Å²) in [5.74, 6) is -7.45. The molecule has 0 heterocycles. The van der Waals surface area contributed by atoms with Gasteiger partial charge in [-0.05, 0) is 5.56 Å². The third kappa shape index (κ3) is 9.21. The Hall–Kier alpha value is -4.00. The Balaban J connectivity index is 3.03. The van der Waals surface area contributed by atoms with Gasteiger partial charge >= 0.3 is 17.9 Å². The second-order valence-corrected chi connectivity index (χ2v) is 6.67. The number of carboxylic acid groups (broad SMARTS) is 3. The Labute approximate surface area is 182 Å². The molecule has 13 nitrogen and oxygen atoms in total. The maximum atomic E-state index is 12.7. The van der Waals surface area contributed by atoms with Gasteiger partial charge in [0.15, 0.2) is 0 Å². The normalized spacial score (nSPS) is 13.2. The fourth-order valence-electron chi connectivity index (χ4n) is 2.62. The van der Waals surface area contributed by atoms with Gasteiger partial charge in [0.1, 0.15) is 18.1 Å². The van der Waals surface area contributed by atoms with Crippen LogP contribution in [0.1, 0.15) is 18.4 Å². The van der Waals surface area contributed by atoms with Crippen molar-refractivity contribution in [3.63, 3.8) is 0 Å². The number of nitrogens with two attached hydrogens (primary N) is 1. The predicted molar refractivity (Wildman–Crippen MR) is 107 cm³/mol. The molecule has 0 bridgehead atoms. The number of carbonyl (C=O) groups excluding carboxylic acids is 3. The molecule has 0 aliphatic carbocycles. The molecule has 1 aromatic carbocycles. The van der Waals surface area contributed by atoms with E-state index in [2.05, 4.69) is 10.6 Å². The van der Waals surface area contributed by atoms with E-state index in [0.29, 0.717) is 5.56 Å². The van der Waals surface area contributed by atoms with E-state index in [4.69, 9.17) is 21.1 Å². The third-order valence-corrected chi connectivity index (χ3v) is 4.12. The summed E-state index contributed by atoms with van der Waals surface area (Å²) in [6, 6.07) is 3.70. The molecule has 0 spiro atoms. The number of hydrogen-bond acceptors (Lipinski definition) is 7. The van der Waals surface area contributed by atoms with Crippen molar-refractivity contribution in [3.05, 3.63) is 35.9 Å². The van der Waals surface area contributed by atoms with Gasteiger partial charge in [-0.15, -0.1) is 0 Å². The van der Waals surface area contributed by atoms with Crippen LogP contribution in [0.25, 0.3) is 0 Å². The van der Waals surface area contributed by atoms with Crippen molar-refractivity contribution in [2.75, 3.05) is 6.54 Å².